The number of ether oxygens (including phenoxy) is 2. The summed E-state index contributed by atoms with van der Waals surface area (Å²) in [6, 6.07) is 3.55. The number of hydrogen-bond donors (Lipinski definition) is 2. The number of nitrogens with two attached hydrogens (primary N) is 1. The van der Waals surface area contributed by atoms with Gasteiger partial charge < -0.3 is 20.5 Å². The molecule has 0 spiro atoms. The molecule has 1 aromatic rings. The van der Waals surface area contributed by atoms with Gasteiger partial charge in [0.2, 0.25) is 0 Å². The fraction of sp³-hybridized carbons (Fsp3) is 0.455. The summed E-state index contributed by atoms with van der Waals surface area (Å²) < 4.78 is 10.2. The predicted molar refractivity (Wildman–Crippen MR) is 64.5 cm³/mol. The van der Waals surface area contributed by atoms with Crippen LogP contribution in [0.3, 0.4) is 0 Å². The molecule has 0 bridgehead atoms. The van der Waals surface area contributed by atoms with Crippen LogP contribution in [0.25, 0.3) is 0 Å². The van der Waals surface area contributed by atoms with E-state index in [0.29, 0.717) is 30.2 Å². The fourth-order valence-corrected chi connectivity index (χ4v) is 1.30. The van der Waals surface area contributed by atoms with Gasteiger partial charge in [-0.15, -0.1) is 0 Å². The number of rotatable bonds is 6. The Morgan fingerprint density at radius 1 is 1.59 bits per heavy atom. The zero-order valence-electron chi connectivity index (χ0n) is 9.93. The average molecular weight is 236 g/mol. The van der Waals surface area contributed by atoms with Crippen LogP contribution in [0.1, 0.15) is 5.56 Å². The molecule has 92 valence electrons. The minimum atomic E-state index is -0.0724. The van der Waals surface area contributed by atoms with Gasteiger partial charge in [-0.25, -0.2) is 4.98 Å². The summed E-state index contributed by atoms with van der Waals surface area (Å²) in [5, 5.41) is 11.7. The van der Waals surface area contributed by atoms with Gasteiger partial charge in [0.05, 0.1) is 24.0 Å². The van der Waals surface area contributed by atoms with Crippen molar-refractivity contribution in [3.8, 4) is 6.07 Å². The van der Waals surface area contributed by atoms with E-state index in [1.165, 1.54) is 6.20 Å². The van der Waals surface area contributed by atoms with Gasteiger partial charge in [-0.05, 0) is 6.07 Å². The van der Waals surface area contributed by atoms with Crippen LogP contribution in [0.15, 0.2) is 12.3 Å². The zero-order valence-corrected chi connectivity index (χ0v) is 9.93. The van der Waals surface area contributed by atoms with Crippen molar-refractivity contribution in [1.82, 2.24) is 4.98 Å². The number of methoxy groups -OCH3 is 2. The number of nitriles is 1. The molecular formula is C11H16N4O2. The number of nitrogens with zero attached hydrogens (tertiary/aromatic N) is 2. The minimum Gasteiger partial charge on any atom is -0.396 e. The number of nitrogen functional groups attached to an aromatic ring is 1. The Morgan fingerprint density at radius 3 is 2.88 bits per heavy atom. The second kappa shape index (κ2) is 6.68. The highest BCUT2D eigenvalue weighted by Gasteiger charge is 2.08. The average Bonchev–Trinajstić information content (AvgIpc) is 2.35. The molecule has 1 rings (SSSR count). The lowest BCUT2D eigenvalue weighted by molar-refractivity contribution is 0.0365. The summed E-state index contributed by atoms with van der Waals surface area (Å²) in [5.41, 5.74) is 6.63. The molecule has 1 aromatic heterocycles. The smallest absolute Gasteiger partial charge is 0.149 e. The van der Waals surface area contributed by atoms with Gasteiger partial charge in [-0.1, -0.05) is 0 Å². The summed E-state index contributed by atoms with van der Waals surface area (Å²) in [6.07, 6.45) is 1.40. The Balaban J connectivity index is 2.60. The van der Waals surface area contributed by atoms with E-state index in [1.807, 2.05) is 6.07 Å². The first-order chi connectivity index (χ1) is 8.21. The molecule has 1 atom stereocenters. The molecule has 0 fully saturated rings. The summed E-state index contributed by atoms with van der Waals surface area (Å²) in [5.74, 6) is 0.544. The van der Waals surface area contributed by atoms with Crippen LogP contribution in [0.2, 0.25) is 0 Å². The van der Waals surface area contributed by atoms with Gasteiger partial charge in [-0.2, -0.15) is 5.26 Å². The first kappa shape index (κ1) is 13.2. The van der Waals surface area contributed by atoms with Gasteiger partial charge in [0.25, 0.3) is 0 Å². The maximum atomic E-state index is 8.68. The maximum absolute atomic E-state index is 8.68. The molecule has 17 heavy (non-hydrogen) atoms. The number of hydrogen-bond acceptors (Lipinski definition) is 6. The summed E-state index contributed by atoms with van der Waals surface area (Å²) >= 11 is 0. The van der Waals surface area contributed by atoms with E-state index < -0.39 is 0 Å². The zero-order chi connectivity index (χ0) is 12.7. The van der Waals surface area contributed by atoms with Crippen LogP contribution >= 0.6 is 0 Å². The monoisotopic (exact) mass is 236 g/mol. The second-order valence-electron chi connectivity index (χ2n) is 3.47. The highest BCUT2D eigenvalue weighted by Crippen LogP contribution is 2.15. The molecule has 0 aliphatic rings. The van der Waals surface area contributed by atoms with Crippen LogP contribution in [0, 0.1) is 11.3 Å². The highest BCUT2D eigenvalue weighted by atomic mass is 16.5. The van der Waals surface area contributed by atoms with E-state index in [9.17, 15) is 0 Å². The van der Waals surface area contributed by atoms with Crippen molar-refractivity contribution in [2.75, 3.05) is 38.4 Å². The van der Waals surface area contributed by atoms with Crippen molar-refractivity contribution >= 4 is 11.5 Å². The van der Waals surface area contributed by atoms with Gasteiger partial charge in [0.15, 0.2) is 0 Å². The summed E-state index contributed by atoms with van der Waals surface area (Å²) in [7, 11) is 3.22. The Kier molecular flexibility index (Phi) is 5.20. The highest BCUT2D eigenvalue weighted by molar-refractivity contribution is 5.63. The molecule has 0 radical (unpaired) electrons. The Labute approximate surface area is 100 Å². The van der Waals surface area contributed by atoms with Crippen molar-refractivity contribution in [3.63, 3.8) is 0 Å². The van der Waals surface area contributed by atoms with E-state index in [2.05, 4.69) is 10.3 Å². The lowest BCUT2D eigenvalue weighted by Crippen LogP contribution is -2.27. The van der Waals surface area contributed by atoms with E-state index in [1.54, 1.807) is 20.3 Å². The Hall–Kier alpha value is -1.84. The molecule has 6 heteroatoms. The number of pyridine rings is 1. The topological polar surface area (TPSA) is 93.2 Å². The largest absolute Gasteiger partial charge is 0.396 e. The van der Waals surface area contributed by atoms with Crippen LogP contribution in [-0.2, 0) is 9.47 Å². The SMILES string of the molecule is COCC(CNc1ncc(C#N)cc1N)OC. The van der Waals surface area contributed by atoms with Gasteiger partial charge >= 0.3 is 0 Å². The molecule has 3 N–H and O–H groups in total. The fourth-order valence-electron chi connectivity index (χ4n) is 1.30. The molecule has 0 aromatic carbocycles. The van der Waals surface area contributed by atoms with Crippen LogP contribution < -0.4 is 11.1 Å². The van der Waals surface area contributed by atoms with Crippen molar-refractivity contribution in [1.29, 1.82) is 5.26 Å². The quantitative estimate of drug-likeness (QED) is 0.751. The van der Waals surface area contributed by atoms with E-state index >= 15 is 0 Å². The summed E-state index contributed by atoms with van der Waals surface area (Å²) in [4.78, 5) is 4.06. The molecule has 0 aliphatic carbocycles. The van der Waals surface area contributed by atoms with E-state index in [4.69, 9.17) is 20.5 Å². The van der Waals surface area contributed by atoms with E-state index in [0.717, 1.165) is 0 Å². The number of anilines is 2. The van der Waals surface area contributed by atoms with Crippen molar-refractivity contribution < 1.29 is 9.47 Å². The molecule has 6 nitrogen and oxygen atoms in total. The summed E-state index contributed by atoms with van der Waals surface area (Å²) in [6.45, 7) is 1.02. The Bertz CT molecular complexity index is 403. The second-order valence-corrected chi connectivity index (χ2v) is 3.47. The predicted octanol–water partition coefficient (Wildman–Crippen LogP) is 0.609. The van der Waals surface area contributed by atoms with Crippen LogP contribution in [-0.4, -0.2) is 38.5 Å². The van der Waals surface area contributed by atoms with Crippen LogP contribution in [0.4, 0.5) is 11.5 Å². The maximum Gasteiger partial charge on any atom is 0.149 e. The van der Waals surface area contributed by atoms with Crippen molar-refractivity contribution in [3.05, 3.63) is 17.8 Å². The normalized spacial score (nSPS) is 11.8. The molecule has 1 heterocycles. The minimum absolute atomic E-state index is 0.0724. The van der Waals surface area contributed by atoms with Crippen molar-refractivity contribution in [2.24, 2.45) is 0 Å². The number of nitrogens with one attached hydrogen (secondary N) is 1. The van der Waals surface area contributed by atoms with Crippen molar-refractivity contribution in [2.45, 2.75) is 6.10 Å². The molecular weight excluding hydrogens is 220 g/mol. The van der Waals surface area contributed by atoms with Gasteiger partial charge in [-0.3, -0.25) is 0 Å². The molecule has 0 saturated heterocycles. The van der Waals surface area contributed by atoms with E-state index in [-0.39, 0.29) is 6.10 Å². The lowest BCUT2D eigenvalue weighted by Gasteiger charge is -2.16. The number of aromatic nitrogens is 1. The third kappa shape index (κ3) is 3.90. The molecule has 1 unspecified atom stereocenters. The standard InChI is InChI=1S/C11H16N4O2/c1-16-7-9(17-2)6-15-11-10(13)3-8(4-12)5-14-11/h3,5,9H,6-7,13H2,1-2H3,(H,14,15). The van der Waals surface area contributed by atoms with Crippen LogP contribution in [0.5, 0.6) is 0 Å². The van der Waals surface area contributed by atoms with Gasteiger partial charge in [0, 0.05) is 27.0 Å². The Morgan fingerprint density at radius 2 is 2.35 bits per heavy atom. The van der Waals surface area contributed by atoms with Gasteiger partial charge in [0.1, 0.15) is 11.9 Å². The molecule has 0 amide bonds. The third-order valence-electron chi connectivity index (χ3n) is 2.23. The molecule has 0 saturated carbocycles. The lowest BCUT2D eigenvalue weighted by atomic mass is 10.2. The third-order valence-corrected chi connectivity index (χ3v) is 2.23. The molecule has 0 aliphatic heterocycles. The first-order valence-electron chi connectivity index (χ1n) is 5.12. The first-order valence-corrected chi connectivity index (χ1v) is 5.12.